The van der Waals surface area contributed by atoms with Gasteiger partial charge in [0.25, 0.3) is 0 Å². The molecule has 0 amide bonds. The molecular weight excluding hydrogens is 398 g/mol. The summed E-state index contributed by atoms with van der Waals surface area (Å²) in [7, 11) is -3.37. The predicted molar refractivity (Wildman–Crippen MR) is 88.0 cm³/mol. The number of hydrogen-bond acceptors (Lipinski definition) is 7. The first kappa shape index (κ1) is 17.6. The van der Waals surface area contributed by atoms with Gasteiger partial charge in [0, 0.05) is 0 Å². The molecule has 0 radical (unpaired) electrons. The van der Waals surface area contributed by atoms with E-state index in [1.54, 1.807) is 13.8 Å². The minimum absolute atomic E-state index is 0.210. The van der Waals surface area contributed by atoms with Gasteiger partial charge >= 0.3 is 7.60 Å². The van der Waals surface area contributed by atoms with Crippen LogP contribution in [0.15, 0.2) is 10.5 Å². The number of fused-ring (bicyclic) bond motifs is 1. The van der Waals surface area contributed by atoms with E-state index >= 15 is 0 Å². The van der Waals surface area contributed by atoms with Gasteiger partial charge in [0.1, 0.15) is 11.3 Å². The number of ether oxygens (including phenoxy) is 1. The quantitative estimate of drug-likeness (QED) is 0.679. The fourth-order valence-corrected chi connectivity index (χ4v) is 4.41. The number of nitrogens with two attached hydrogens (primary N) is 1. The highest BCUT2D eigenvalue weighted by atomic mass is 79.9. The van der Waals surface area contributed by atoms with Crippen LogP contribution in [0.5, 0.6) is 5.75 Å². The van der Waals surface area contributed by atoms with E-state index in [0.717, 1.165) is 11.3 Å². The Morgan fingerprint density at radius 2 is 2.05 bits per heavy atom. The minimum atomic E-state index is -3.37. The van der Waals surface area contributed by atoms with Gasteiger partial charge in [-0.1, -0.05) is 11.3 Å². The SMILES string of the molecule is CCOP(=O)(COc1cc(Br)c(F)c2sc(N)nc12)OCC. The van der Waals surface area contributed by atoms with E-state index in [-0.39, 0.29) is 45.1 Å². The lowest BCUT2D eigenvalue weighted by Crippen LogP contribution is -2.06. The van der Waals surface area contributed by atoms with Gasteiger partial charge in [-0.2, -0.15) is 0 Å². The summed E-state index contributed by atoms with van der Waals surface area (Å²) in [6, 6.07) is 1.42. The van der Waals surface area contributed by atoms with Crippen LogP contribution in [0.1, 0.15) is 13.8 Å². The summed E-state index contributed by atoms with van der Waals surface area (Å²) in [6.45, 7) is 3.87. The van der Waals surface area contributed by atoms with Crippen molar-refractivity contribution >= 4 is 50.2 Å². The van der Waals surface area contributed by atoms with Crippen molar-refractivity contribution in [3.63, 3.8) is 0 Å². The van der Waals surface area contributed by atoms with E-state index < -0.39 is 13.4 Å². The number of nitrogen functional groups attached to an aromatic ring is 1. The van der Waals surface area contributed by atoms with Crippen LogP contribution >= 0.6 is 34.9 Å². The Morgan fingerprint density at radius 1 is 1.41 bits per heavy atom. The molecule has 0 saturated heterocycles. The lowest BCUT2D eigenvalue weighted by atomic mass is 10.3. The average Bonchev–Trinajstić information content (AvgIpc) is 2.84. The number of aromatic nitrogens is 1. The lowest BCUT2D eigenvalue weighted by molar-refractivity contribution is 0.197. The van der Waals surface area contributed by atoms with Gasteiger partial charge in [-0.25, -0.2) is 9.37 Å². The molecule has 22 heavy (non-hydrogen) atoms. The van der Waals surface area contributed by atoms with Crippen LogP contribution in [0.25, 0.3) is 10.2 Å². The second-order valence-electron chi connectivity index (χ2n) is 4.12. The van der Waals surface area contributed by atoms with Gasteiger partial charge < -0.3 is 19.5 Å². The smallest absolute Gasteiger partial charge is 0.367 e. The van der Waals surface area contributed by atoms with Crippen molar-refractivity contribution in [2.45, 2.75) is 13.8 Å². The predicted octanol–water partition coefficient (Wildman–Crippen LogP) is 4.38. The van der Waals surface area contributed by atoms with Gasteiger partial charge in [0.05, 0.1) is 22.4 Å². The van der Waals surface area contributed by atoms with Gasteiger partial charge in [-0.3, -0.25) is 4.57 Å². The maximum atomic E-state index is 14.0. The third-order valence-electron chi connectivity index (χ3n) is 2.57. The molecule has 1 aromatic carbocycles. The third-order valence-corrected chi connectivity index (χ3v) is 5.78. The van der Waals surface area contributed by atoms with E-state index in [0.29, 0.717) is 0 Å². The van der Waals surface area contributed by atoms with Crippen molar-refractivity contribution in [1.29, 1.82) is 0 Å². The molecule has 0 atom stereocenters. The van der Waals surface area contributed by atoms with Crippen molar-refractivity contribution in [1.82, 2.24) is 4.98 Å². The molecule has 0 fully saturated rings. The van der Waals surface area contributed by atoms with Crippen LogP contribution < -0.4 is 10.5 Å². The normalized spacial score (nSPS) is 12.0. The molecule has 2 aromatic rings. The summed E-state index contributed by atoms with van der Waals surface area (Å²) in [6.07, 6.45) is -0.292. The maximum Gasteiger partial charge on any atom is 0.367 e. The number of benzene rings is 1. The first-order valence-electron chi connectivity index (χ1n) is 6.45. The van der Waals surface area contributed by atoms with Gasteiger partial charge in [-0.05, 0) is 35.8 Å². The number of anilines is 1. The molecule has 2 N–H and O–H groups in total. The van der Waals surface area contributed by atoms with Crippen LogP contribution in [0.4, 0.5) is 9.52 Å². The maximum absolute atomic E-state index is 14.0. The first-order valence-corrected chi connectivity index (χ1v) is 9.79. The Kier molecular flexibility index (Phi) is 5.79. The fourth-order valence-electron chi connectivity index (χ4n) is 1.77. The molecule has 0 spiro atoms. The van der Waals surface area contributed by atoms with E-state index in [9.17, 15) is 8.96 Å². The highest BCUT2D eigenvalue weighted by Crippen LogP contribution is 2.48. The summed E-state index contributed by atoms with van der Waals surface area (Å²) in [4.78, 5) is 4.05. The van der Waals surface area contributed by atoms with E-state index in [2.05, 4.69) is 20.9 Å². The van der Waals surface area contributed by atoms with Gasteiger partial charge in [0.15, 0.2) is 17.3 Å². The Balaban J connectivity index is 2.31. The molecule has 0 aliphatic rings. The fraction of sp³-hybridized carbons (Fsp3) is 0.417. The second-order valence-corrected chi connectivity index (χ2v) is 8.00. The molecule has 1 heterocycles. The molecule has 10 heteroatoms. The van der Waals surface area contributed by atoms with Crippen molar-refractivity contribution in [2.24, 2.45) is 0 Å². The zero-order valence-corrected chi connectivity index (χ0v) is 15.3. The molecule has 2 rings (SSSR count). The van der Waals surface area contributed by atoms with Crippen molar-refractivity contribution in [3.05, 3.63) is 16.4 Å². The molecule has 6 nitrogen and oxygen atoms in total. The van der Waals surface area contributed by atoms with Crippen molar-refractivity contribution < 1.29 is 22.7 Å². The number of nitrogens with zero attached hydrogens (tertiary/aromatic N) is 1. The summed E-state index contributed by atoms with van der Waals surface area (Å²) in [5.41, 5.74) is 5.90. The minimum Gasteiger partial charge on any atom is -0.479 e. The van der Waals surface area contributed by atoms with Crippen molar-refractivity contribution in [2.75, 3.05) is 25.3 Å². The number of halogens is 2. The van der Waals surface area contributed by atoms with E-state index in [1.807, 2.05) is 0 Å². The highest BCUT2D eigenvalue weighted by Gasteiger charge is 2.26. The van der Waals surface area contributed by atoms with Crippen LogP contribution in [0.2, 0.25) is 0 Å². The molecule has 0 aliphatic carbocycles. The van der Waals surface area contributed by atoms with E-state index in [1.165, 1.54) is 6.07 Å². The van der Waals surface area contributed by atoms with Gasteiger partial charge in [0.2, 0.25) is 0 Å². The topological polar surface area (TPSA) is 83.7 Å². The van der Waals surface area contributed by atoms with Crippen LogP contribution in [-0.4, -0.2) is 24.5 Å². The standard InChI is InChI=1S/C12H15BrFN2O4PS/c1-3-19-21(17,20-4-2)6-18-8-5-7(13)9(14)11-10(8)16-12(15)22-11/h5H,3-4,6H2,1-2H3,(H2,15,16). The second kappa shape index (κ2) is 7.23. The molecule has 122 valence electrons. The zero-order valence-electron chi connectivity index (χ0n) is 12.0. The molecule has 0 aliphatic heterocycles. The number of thiazole rings is 1. The lowest BCUT2D eigenvalue weighted by Gasteiger charge is -2.17. The number of rotatable bonds is 7. The molecular formula is C12H15BrFN2O4PS. The third kappa shape index (κ3) is 3.78. The summed E-state index contributed by atoms with van der Waals surface area (Å²) in [5, 5.41) is 0.217. The zero-order chi connectivity index (χ0) is 16.3. The van der Waals surface area contributed by atoms with Gasteiger partial charge in [-0.15, -0.1) is 0 Å². The van der Waals surface area contributed by atoms with Crippen LogP contribution in [-0.2, 0) is 13.6 Å². The summed E-state index contributed by atoms with van der Waals surface area (Å²) < 4.78 is 42.7. The Labute approximate surface area is 139 Å². The summed E-state index contributed by atoms with van der Waals surface area (Å²) >= 11 is 4.12. The number of hydrogen-bond donors (Lipinski definition) is 1. The molecule has 0 saturated carbocycles. The summed E-state index contributed by atoms with van der Waals surface area (Å²) in [5.74, 6) is -0.204. The van der Waals surface area contributed by atoms with E-state index in [4.69, 9.17) is 19.5 Å². The Morgan fingerprint density at radius 3 is 2.64 bits per heavy atom. The molecule has 0 bridgehead atoms. The van der Waals surface area contributed by atoms with Crippen LogP contribution in [0, 0.1) is 5.82 Å². The molecule has 1 aromatic heterocycles. The monoisotopic (exact) mass is 412 g/mol. The average molecular weight is 413 g/mol. The first-order chi connectivity index (χ1) is 10.4. The molecule has 0 unspecified atom stereocenters. The van der Waals surface area contributed by atoms with Crippen LogP contribution in [0.3, 0.4) is 0 Å². The van der Waals surface area contributed by atoms with Crippen molar-refractivity contribution in [3.8, 4) is 5.75 Å². The Hall–Kier alpha value is -0.730. The highest BCUT2D eigenvalue weighted by molar-refractivity contribution is 9.10. The Bertz CT molecular complexity index is 717. The largest absolute Gasteiger partial charge is 0.479 e.